The van der Waals surface area contributed by atoms with Crippen LogP contribution in [-0.2, 0) is 9.59 Å². The minimum atomic E-state index is -0.512. The smallest absolute Gasteiger partial charge is 0.265 e. The van der Waals surface area contributed by atoms with Crippen molar-refractivity contribution in [1.82, 2.24) is 5.32 Å². The highest BCUT2D eigenvalue weighted by Crippen LogP contribution is 2.32. The molecule has 6 heteroatoms. The Kier molecular flexibility index (Phi) is 5.00. The Labute approximate surface area is 146 Å². The van der Waals surface area contributed by atoms with Crippen molar-refractivity contribution in [2.45, 2.75) is 13.0 Å². The van der Waals surface area contributed by atoms with Gasteiger partial charge in [0.2, 0.25) is 5.91 Å². The van der Waals surface area contributed by atoms with E-state index in [0.717, 1.165) is 11.1 Å². The largest absolute Gasteiger partial charge is 0.482 e. The quantitative estimate of drug-likeness (QED) is 0.866. The standard InChI is InChI=1S/C19H20N2O4/c1-13-7-8-17-16(9-13)21(19(24)12-25-17)10-18(23)20-15(11-22)14-5-3-2-4-6-14/h2-9,15,22H,10-12H2,1H3,(H,20,23). The van der Waals surface area contributed by atoms with Gasteiger partial charge in [0, 0.05) is 0 Å². The van der Waals surface area contributed by atoms with Crippen molar-refractivity contribution in [3.8, 4) is 5.75 Å². The highest BCUT2D eigenvalue weighted by atomic mass is 16.5. The number of fused-ring (bicyclic) bond motifs is 1. The zero-order chi connectivity index (χ0) is 17.8. The predicted molar refractivity (Wildman–Crippen MR) is 93.4 cm³/mol. The van der Waals surface area contributed by atoms with Gasteiger partial charge in [-0.15, -0.1) is 0 Å². The molecule has 25 heavy (non-hydrogen) atoms. The van der Waals surface area contributed by atoms with Crippen LogP contribution >= 0.6 is 0 Å². The monoisotopic (exact) mass is 340 g/mol. The van der Waals surface area contributed by atoms with Crippen LogP contribution in [0.3, 0.4) is 0 Å². The number of carbonyl (C=O) groups excluding carboxylic acids is 2. The van der Waals surface area contributed by atoms with Gasteiger partial charge in [0.1, 0.15) is 12.3 Å². The number of aliphatic hydroxyl groups excluding tert-OH is 1. The van der Waals surface area contributed by atoms with E-state index < -0.39 is 6.04 Å². The molecule has 2 aromatic rings. The number of hydrogen-bond donors (Lipinski definition) is 2. The summed E-state index contributed by atoms with van der Waals surface area (Å²) in [6.45, 7) is 1.48. The molecular formula is C19H20N2O4. The molecule has 0 spiro atoms. The Morgan fingerprint density at radius 3 is 2.76 bits per heavy atom. The molecule has 0 bridgehead atoms. The van der Waals surface area contributed by atoms with Gasteiger partial charge < -0.3 is 15.2 Å². The summed E-state index contributed by atoms with van der Waals surface area (Å²) in [5.74, 6) is -0.0288. The SMILES string of the molecule is Cc1ccc2c(c1)N(CC(=O)NC(CO)c1ccccc1)C(=O)CO2. The van der Waals surface area contributed by atoms with E-state index in [1.165, 1.54) is 4.90 Å². The van der Waals surface area contributed by atoms with E-state index in [4.69, 9.17) is 4.74 Å². The zero-order valence-electron chi connectivity index (χ0n) is 13.9. The van der Waals surface area contributed by atoms with Gasteiger partial charge in [0.25, 0.3) is 5.91 Å². The van der Waals surface area contributed by atoms with Crippen molar-refractivity contribution < 1.29 is 19.4 Å². The van der Waals surface area contributed by atoms with Crippen LogP contribution in [0.5, 0.6) is 5.75 Å². The molecule has 0 saturated carbocycles. The van der Waals surface area contributed by atoms with E-state index in [0.29, 0.717) is 11.4 Å². The van der Waals surface area contributed by atoms with Gasteiger partial charge in [0.05, 0.1) is 18.3 Å². The maximum atomic E-state index is 12.4. The first kappa shape index (κ1) is 17.0. The molecule has 1 unspecified atom stereocenters. The molecule has 3 rings (SSSR count). The van der Waals surface area contributed by atoms with Gasteiger partial charge in [-0.2, -0.15) is 0 Å². The Morgan fingerprint density at radius 1 is 1.28 bits per heavy atom. The first-order valence-electron chi connectivity index (χ1n) is 8.07. The molecule has 1 heterocycles. The molecule has 1 aliphatic rings. The Bertz CT molecular complexity index is 776. The second-order valence-electron chi connectivity index (χ2n) is 5.95. The average Bonchev–Trinajstić information content (AvgIpc) is 2.63. The molecule has 0 fully saturated rings. The van der Waals surface area contributed by atoms with Crippen LogP contribution in [-0.4, -0.2) is 36.7 Å². The Morgan fingerprint density at radius 2 is 2.04 bits per heavy atom. The van der Waals surface area contributed by atoms with Crippen LogP contribution in [0.2, 0.25) is 0 Å². The number of carbonyl (C=O) groups is 2. The lowest BCUT2D eigenvalue weighted by atomic mass is 10.1. The number of nitrogens with one attached hydrogen (secondary N) is 1. The third kappa shape index (κ3) is 3.80. The highest BCUT2D eigenvalue weighted by molar-refractivity contribution is 6.02. The van der Waals surface area contributed by atoms with Crippen LogP contribution in [0.15, 0.2) is 48.5 Å². The lowest BCUT2D eigenvalue weighted by molar-refractivity contribution is -0.125. The predicted octanol–water partition coefficient (Wildman–Crippen LogP) is 1.57. The molecule has 2 aromatic carbocycles. The van der Waals surface area contributed by atoms with Crippen molar-refractivity contribution in [2.24, 2.45) is 0 Å². The van der Waals surface area contributed by atoms with Crippen molar-refractivity contribution in [3.05, 3.63) is 59.7 Å². The van der Waals surface area contributed by atoms with Gasteiger partial charge in [-0.1, -0.05) is 36.4 Å². The number of anilines is 1. The molecule has 1 atom stereocenters. The van der Waals surface area contributed by atoms with E-state index in [-0.39, 0.29) is 31.6 Å². The fraction of sp³-hybridized carbons (Fsp3) is 0.263. The maximum Gasteiger partial charge on any atom is 0.265 e. The van der Waals surface area contributed by atoms with Gasteiger partial charge >= 0.3 is 0 Å². The minimum Gasteiger partial charge on any atom is -0.482 e. The molecule has 130 valence electrons. The topological polar surface area (TPSA) is 78.9 Å². The summed E-state index contributed by atoms with van der Waals surface area (Å²) in [6.07, 6.45) is 0. The van der Waals surface area contributed by atoms with Gasteiger partial charge in [-0.3, -0.25) is 14.5 Å². The number of aryl methyl sites for hydroxylation is 1. The number of amides is 2. The van der Waals surface area contributed by atoms with Crippen molar-refractivity contribution in [1.29, 1.82) is 0 Å². The molecule has 0 radical (unpaired) electrons. The number of benzene rings is 2. The van der Waals surface area contributed by atoms with E-state index in [2.05, 4.69) is 5.32 Å². The van der Waals surface area contributed by atoms with Crippen LogP contribution in [0, 0.1) is 6.92 Å². The van der Waals surface area contributed by atoms with Crippen LogP contribution < -0.4 is 15.0 Å². The van der Waals surface area contributed by atoms with E-state index in [1.807, 2.05) is 49.4 Å². The fourth-order valence-corrected chi connectivity index (χ4v) is 2.79. The van der Waals surface area contributed by atoms with Crippen molar-refractivity contribution >= 4 is 17.5 Å². The lowest BCUT2D eigenvalue weighted by Crippen LogP contribution is -2.46. The fourth-order valence-electron chi connectivity index (χ4n) is 2.79. The zero-order valence-corrected chi connectivity index (χ0v) is 13.9. The van der Waals surface area contributed by atoms with Gasteiger partial charge in [-0.05, 0) is 30.2 Å². The van der Waals surface area contributed by atoms with Crippen molar-refractivity contribution in [2.75, 3.05) is 24.7 Å². The van der Waals surface area contributed by atoms with Crippen molar-refractivity contribution in [3.63, 3.8) is 0 Å². The minimum absolute atomic E-state index is 0.0918. The molecule has 0 aromatic heterocycles. The third-order valence-electron chi connectivity index (χ3n) is 4.08. The van der Waals surface area contributed by atoms with E-state index in [1.54, 1.807) is 6.07 Å². The summed E-state index contributed by atoms with van der Waals surface area (Å²) in [7, 11) is 0. The highest BCUT2D eigenvalue weighted by Gasteiger charge is 2.28. The number of nitrogens with zero attached hydrogens (tertiary/aromatic N) is 1. The summed E-state index contributed by atoms with van der Waals surface area (Å²) in [5, 5.41) is 12.3. The maximum absolute atomic E-state index is 12.4. The molecule has 0 aliphatic carbocycles. The first-order valence-corrected chi connectivity index (χ1v) is 8.07. The second-order valence-corrected chi connectivity index (χ2v) is 5.95. The lowest BCUT2D eigenvalue weighted by Gasteiger charge is -2.29. The molecule has 6 nitrogen and oxygen atoms in total. The third-order valence-corrected chi connectivity index (χ3v) is 4.08. The van der Waals surface area contributed by atoms with Gasteiger partial charge in [-0.25, -0.2) is 0 Å². The van der Waals surface area contributed by atoms with Gasteiger partial charge in [0.15, 0.2) is 6.61 Å². The van der Waals surface area contributed by atoms with Crippen LogP contribution in [0.1, 0.15) is 17.2 Å². The summed E-state index contributed by atoms with van der Waals surface area (Å²) in [6, 6.07) is 14.2. The van der Waals surface area contributed by atoms with Crippen LogP contribution in [0.4, 0.5) is 5.69 Å². The summed E-state index contributed by atoms with van der Waals surface area (Å²) < 4.78 is 5.41. The van der Waals surface area contributed by atoms with Crippen LogP contribution in [0.25, 0.3) is 0 Å². The molecule has 2 amide bonds. The summed E-state index contributed by atoms with van der Waals surface area (Å²) in [4.78, 5) is 26.1. The molecule has 2 N–H and O–H groups in total. The number of aliphatic hydroxyl groups is 1. The summed E-state index contributed by atoms with van der Waals surface area (Å²) in [5.41, 5.74) is 2.37. The first-order chi connectivity index (χ1) is 12.1. The Hall–Kier alpha value is -2.86. The molecule has 1 aliphatic heterocycles. The number of ether oxygens (including phenoxy) is 1. The summed E-state index contributed by atoms with van der Waals surface area (Å²) >= 11 is 0. The molecular weight excluding hydrogens is 320 g/mol. The average molecular weight is 340 g/mol. The molecule has 0 saturated heterocycles. The van der Waals surface area contributed by atoms with E-state index in [9.17, 15) is 14.7 Å². The number of hydrogen-bond acceptors (Lipinski definition) is 4. The second kappa shape index (κ2) is 7.36. The normalized spacial score (nSPS) is 14.5. The Balaban J connectivity index is 1.74. The number of rotatable bonds is 5. The van der Waals surface area contributed by atoms with E-state index >= 15 is 0 Å².